The van der Waals surface area contributed by atoms with Crippen molar-refractivity contribution < 1.29 is 14.5 Å². The van der Waals surface area contributed by atoms with Crippen LogP contribution < -0.4 is 10.5 Å². The quantitative estimate of drug-likeness (QED) is 0.501. The number of carbonyl (C=O) groups is 1. The lowest BCUT2D eigenvalue weighted by Crippen LogP contribution is -2.30. The summed E-state index contributed by atoms with van der Waals surface area (Å²) in [5, 5.41) is 10.9. The molecule has 0 atom stereocenters. The zero-order valence-electron chi connectivity index (χ0n) is 12.6. The van der Waals surface area contributed by atoms with Crippen molar-refractivity contribution in [2.45, 2.75) is 0 Å². The molecule has 0 unspecified atom stereocenters. The molecule has 1 amide bonds. The van der Waals surface area contributed by atoms with Gasteiger partial charge in [0.1, 0.15) is 18.0 Å². The third kappa shape index (κ3) is 4.19. The van der Waals surface area contributed by atoms with Crippen LogP contribution in [0.3, 0.4) is 0 Å². The van der Waals surface area contributed by atoms with E-state index in [0.717, 1.165) is 5.75 Å². The summed E-state index contributed by atoms with van der Waals surface area (Å²) in [5.41, 5.74) is 5.50. The molecular formula is C16H17N3O4. The third-order valence-corrected chi connectivity index (χ3v) is 3.26. The van der Waals surface area contributed by atoms with Crippen LogP contribution in [0.15, 0.2) is 48.5 Å². The molecule has 0 fully saturated rings. The Morgan fingerprint density at radius 2 is 1.96 bits per heavy atom. The molecule has 0 aliphatic rings. The van der Waals surface area contributed by atoms with E-state index < -0.39 is 4.92 Å². The number of benzene rings is 2. The molecule has 0 aliphatic heterocycles. The highest BCUT2D eigenvalue weighted by molar-refractivity contribution is 5.95. The van der Waals surface area contributed by atoms with Crippen LogP contribution in [0.1, 0.15) is 10.4 Å². The molecule has 2 aromatic rings. The van der Waals surface area contributed by atoms with E-state index in [9.17, 15) is 14.9 Å². The Labute approximate surface area is 133 Å². The second-order valence-electron chi connectivity index (χ2n) is 4.92. The Kier molecular flexibility index (Phi) is 5.14. The number of nitrogens with zero attached hydrogens (tertiary/aromatic N) is 2. The average molecular weight is 315 g/mol. The Hall–Kier alpha value is -3.09. The Bertz CT molecular complexity index is 704. The van der Waals surface area contributed by atoms with Gasteiger partial charge in [-0.25, -0.2) is 0 Å². The van der Waals surface area contributed by atoms with Gasteiger partial charge in [-0.3, -0.25) is 14.9 Å². The average Bonchev–Trinajstić information content (AvgIpc) is 2.55. The zero-order chi connectivity index (χ0) is 16.8. The summed E-state index contributed by atoms with van der Waals surface area (Å²) >= 11 is 0. The minimum Gasteiger partial charge on any atom is -0.492 e. The van der Waals surface area contributed by atoms with Gasteiger partial charge in [0, 0.05) is 18.7 Å². The predicted molar refractivity (Wildman–Crippen MR) is 86.4 cm³/mol. The third-order valence-electron chi connectivity index (χ3n) is 3.26. The van der Waals surface area contributed by atoms with Crippen LogP contribution in [0.2, 0.25) is 0 Å². The molecule has 0 saturated carbocycles. The number of para-hydroxylation sites is 1. The summed E-state index contributed by atoms with van der Waals surface area (Å²) in [5.74, 6) is 0.390. The van der Waals surface area contributed by atoms with Crippen LogP contribution in [0.25, 0.3) is 0 Å². The first-order chi connectivity index (χ1) is 11.0. The number of amides is 1. The molecule has 23 heavy (non-hydrogen) atoms. The van der Waals surface area contributed by atoms with Crippen LogP contribution in [0.5, 0.6) is 5.75 Å². The summed E-state index contributed by atoms with van der Waals surface area (Å²) in [7, 11) is 1.61. The topological polar surface area (TPSA) is 98.7 Å². The van der Waals surface area contributed by atoms with Crippen molar-refractivity contribution >= 4 is 17.3 Å². The van der Waals surface area contributed by atoms with E-state index in [1.165, 1.54) is 23.1 Å². The number of hydrogen-bond donors (Lipinski definition) is 1. The highest BCUT2D eigenvalue weighted by Gasteiger charge is 2.18. The lowest BCUT2D eigenvalue weighted by molar-refractivity contribution is -0.383. The van der Waals surface area contributed by atoms with E-state index in [0.29, 0.717) is 13.2 Å². The van der Waals surface area contributed by atoms with Gasteiger partial charge < -0.3 is 15.4 Å². The van der Waals surface area contributed by atoms with Gasteiger partial charge in [0.15, 0.2) is 0 Å². The van der Waals surface area contributed by atoms with Crippen molar-refractivity contribution in [2.24, 2.45) is 0 Å². The first-order valence-electron chi connectivity index (χ1n) is 6.96. The standard InChI is InChI=1S/C16H17N3O4/c1-18(9-10-23-13-5-3-2-4-6-13)16(20)12-7-8-14(17)15(11-12)19(21)22/h2-8,11H,9-10,17H2,1H3. The van der Waals surface area contributed by atoms with E-state index in [-0.39, 0.29) is 22.8 Å². The molecule has 2 aromatic carbocycles. The fourth-order valence-corrected chi connectivity index (χ4v) is 1.97. The number of carbonyl (C=O) groups excluding carboxylic acids is 1. The maximum atomic E-state index is 12.3. The van der Waals surface area contributed by atoms with Gasteiger partial charge in [-0.1, -0.05) is 18.2 Å². The van der Waals surface area contributed by atoms with Gasteiger partial charge in [-0.2, -0.15) is 0 Å². The molecular weight excluding hydrogens is 298 g/mol. The van der Waals surface area contributed by atoms with Crippen molar-refractivity contribution in [3.05, 3.63) is 64.2 Å². The maximum Gasteiger partial charge on any atom is 0.292 e. The normalized spacial score (nSPS) is 10.1. The number of anilines is 1. The minimum absolute atomic E-state index is 0.0293. The zero-order valence-corrected chi connectivity index (χ0v) is 12.6. The number of ether oxygens (including phenoxy) is 1. The van der Waals surface area contributed by atoms with Crippen LogP contribution in [-0.4, -0.2) is 35.9 Å². The lowest BCUT2D eigenvalue weighted by Gasteiger charge is -2.17. The second-order valence-corrected chi connectivity index (χ2v) is 4.92. The smallest absolute Gasteiger partial charge is 0.292 e. The number of nitrogen functional groups attached to an aromatic ring is 1. The number of likely N-dealkylation sites (N-methyl/N-ethyl adjacent to an activating group) is 1. The van der Waals surface area contributed by atoms with Crippen molar-refractivity contribution in [3.8, 4) is 5.75 Å². The summed E-state index contributed by atoms with van der Waals surface area (Å²) in [4.78, 5) is 24.0. The first kappa shape index (κ1) is 16.3. The maximum absolute atomic E-state index is 12.3. The first-order valence-corrected chi connectivity index (χ1v) is 6.96. The highest BCUT2D eigenvalue weighted by atomic mass is 16.6. The number of nitro groups is 1. The highest BCUT2D eigenvalue weighted by Crippen LogP contribution is 2.22. The molecule has 0 heterocycles. The van der Waals surface area contributed by atoms with Crippen LogP contribution >= 0.6 is 0 Å². The van der Waals surface area contributed by atoms with E-state index in [1.54, 1.807) is 7.05 Å². The van der Waals surface area contributed by atoms with Crippen LogP contribution in [-0.2, 0) is 0 Å². The molecule has 0 saturated heterocycles. The number of nitro benzene ring substituents is 1. The number of hydrogen-bond acceptors (Lipinski definition) is 5. The molecule has 2 rings (SSSR count). The van der Waals surface area contributed by atoms with E-state index in [2.05, 4.69) is 0 Å². The molecule has 120 valence electrons. The van der Waals surface area contributed by atoms with Gasteiger partial charge in [-0.15, -0.1) is 0 Å². The van der Waals surface area contributed by atoms with Gasteiger partial charge in [0.05, 0.1) is 11.5 Å². The second kappa shape index (κ2) is 7.26. The van der Waals surface area contributed by atoms with Crippen molar-refractivity contribution in [1.29, 1.82) is 0 Å². The monoisotopic (exact) mass is 315 g/mol. The van der Waals surface area contributed by atoms with Crippen molar-refractivity contribution in [1.82, 2.24) is 4.90 Å². The largest absolute Gasteiger partial charge is 0.492 e. The summed E-state index contributed by atoms with van der Waals surface area (Å²) in [6.45, 7) is 0.676. The molecule has 0 aliphatic carbocycles. The molecule has 7 nitrogen and oxygen atoms in total. The summed E-state index contributed by atoms with van der Waals surface area (Å²) < 4.78 is 5.52. The molecule has 0 bridgehead atoms. The molecule has 0 radical (unpaired) electrons. The minimum atomic E-state index is -0.607. The fourth-order valence-electron chi connectivity index (χ4n) is 1.97. The van der Waals surface area contributed by atoms with Gasteiger partial charge in [-0.05, 0) is 24.3 Å². The number of rotatable bonds is 6. The van der Waals surface area contributed by atoms with E-state index in [1.807, 2.05) is 30.3 Å². The van der Waals surface area contributed by atoms with Crippen LogP contribution in [0, 0.1) is 10.1 Å². The Morgan fingerprint density at radius 3 is 2.61 bits per heavy atom. The molecule has 2 N–H and O–H groups in total. The Balaban J connectivity index is 1.97. The van der Waals surface area contributed by atoms with E-state index >= 15 is 0 Å². The molecule has 0 spiro atoms. The summed E-state index contributed by atoms with van der Waals surface area (Å²) in [6, 6.07) is 13.3. The van der Waals surface area contributed by atoms with E-state index in [4.69, 9.17) is 10.5 Å². The number of nitrogens with two attached hydrogens (primary N) is 1. The summed E-state index contributed by atoms with van der Waals surface area (Å²) in [6.07, 6.45) is 0. The van der Waals surface area contributed by atoms with Crippen LogP contribution in [0.4, 0.5) is 11.4 Å². The predicted octanol–water partition coefficient (Wildman–Crippen LogP) is 2.33. The lowest BCUT2D eigenvalue weighted by atomic mass is 10.1. The molecule has 7 heteroatoms. The fraction of sp³-hybridized carbons (Fsp3) is 0.188. The van der Waals surface area contributed by atoms with Gasteiger partial charge in [0.25, 0.3) is 11.6 Å². The Morgan fingerprint density at radius 1 is 1.26 bits per heavy atom. The van der Waals surface area contributed by atoms with Gasteiger partial charge >= 0.3 is 0 Å². The molecule has 0 aromatic heterocycles. The van der Waals surface area contributed by atoms with Gasteiger partial charge in [0.2, 0.25) is 0 Å². The SMILES string of the molecule is CN(CCOc1ccccc1)C(=O)c1ccc(N)c([N+](=O)[O-])c1. The van der Waals surface area contributed by atoms with Crippen molar-refractivity contribution in [3.63, 3.8) is 0 Å². The van der Waals surface area contributed by atoms with Crippen molar-refractivity contribution in [2.75, 3.05) is 25.9 Å².